The molecule has 6 atom stereocenters. The number of nitrogens with one attached hydrogen (secondary N) is 2. The molecule has 584 valence electrons. The zero-order valence-corrected chi connectivity index (χ0v) is 66.0. The number of aromatic nitrogens is 6. The number of methoxy groups -OCH3 is 1. The SMILES string of the molecule is C=C(CC(=O)Nc1cc(-c2nc3n(n2)/C(=N/c2cc4c(cc2C)N(CCOCCN2c5cc(C)c(/N=C6\C(C#N)=C(C(=O)OC7C(C)CC(C)CC7C)c7nc(-c8ccc(OC)c(NC(=O)CCC(=O)O)c8)nn76)cc5C(C)CC2(C)C)C(C)(C)CC4C)C(C#N)=C3COOC2C(C)CC(C)CC2C)ccc1C=O)OO. The number of carbonyl (C=O) groups excluding carboxylic acids is 4. The summed E-state index contributed by atoms with van der Waals surface area (Å²) in [5.74, 6) is 0.0990. The number of hydrogen-bond donors (Lipinski definition) is 4. The number of aryl methyl sites for hydroxylation is 2. The third-order valence-corrected chi connectivity index (χ3v) is 22.8. The Morgan fingerprint density at radius 2 is 1.18 bits per heavy atom. The van der Waals surface area contributed by atoms with Crippen LogP contribution in [0.25, 0.3) is 33.9 Å². The van der Waals surface area contributed by atoms with E-state index in [1.54, 1.807) is 30.3 Å². The number of nitriles is 2. The molecule has 4 N–H and O–H groups in total. The monoisotopic (exact) mass is 1510 g/mol. The zero-order chi connectivity index (χ0) is 79.8. The number of anilines is 4. The summed E-state index contributed by atoms with van der Waals surface area (Å²) >= 11 is 0. The molecule has 2 aliphatic carbocycles. The van der Waals surface area contributed by atoms with E-state index in [4.69, 9.17) is 59.4 Å². The molecule has 4 aliphatic heterocycles. The standard InChI is InChI=1S/C84H100N14O13/c1-44-27-48(5)74(49(6)28-44)109-82(104)73-61(41-86)79(98-81(73)92-77(94-98)56-19-20-69(106-16)66(35-56)88-70(100)21-22-72(102)103)90-64-37-59-53(10)39-84(14,15)96(68(59)32-47(64)4)24-26-107-25-23-95-67-31-46(3)63(36-58(67)52(9)38-83(95,12)13)89-78-60(40-85)62(43-108-111-75-50(7)29-45(2)30-51(75)8)80-91-76(93-97(78)80)55-17-18-57(42-99)65(34-55)87-71(101)33-54(11)110-105/h17-20,31-32,34-37,42,44-45,48-53,74-75,105H,11,21-30,33,38-39,43H2,1-10,12-16H3,(H,87,101)(H,88,100)(H,102,103)/b89-78+,90-79+. The van der Waals surface area contributed by atoms with E-state index >= 15 is 0 Å². The summed E-state index contributed by atoms with van der Waals surface area (Å²) in [5.41, 5.74) is 8.57. The van der Waals surface area contributed by atoms with Crippen molar-refractivity contribution >= 4 is 87.0 Å². The van der Waals surface area contributed by atoms with Crippen LogP contribution in [0.5, 0.6) is 5.75 Å². The molecule has 6 heterocycles. The number of fused-ring (bicyclic) bond motifs is 4. The van der Waals surface area contributed by atoms with Crippen molar-refractivity contribution in [1.82, 2.24) is 29.5 Å². The molecule has 6 aliphatic rings. The van der Waals surface area contributed by atoms with Crippen LogP contribution in [0.15, 0.2) is 94.1 Å². The van der Waals surface area contributed by atoms with Gasteiger partial charge in [0.25, 0.3) is 0 Å². The van der Waals surface area contributed by atoms with Gasteiger partial charge in [0.15, 0.2) is 41.3 Å². The Morgan fingerprint density at radius 1 is 0.676 bits per heavy atom. The van der Waals surface area contributed by atoms with Gasteiger partial charge >= 0.3 is 11.9 Å². The van der Waals surface area contributed by atoms with Crippen LogP contribution < -0.4 is 25.2 Å². The topological polar surface area (TPSA) is 345 Å². The molecule has 2 saturated carbocycles. The Hall–Kier alpha value is -10.7. The largest absolute Gasteiger partial charge is 0.495 e. The van der Waals surface area contributed by atoms with E-state index in [1.807, 2.05) is 13.8 Å². The Morgan fingerprint density at radius 3 is 1.70 bits per heavy atom. The van der Waals surface area contributed by atoms with Gasteiger partial charge in [0, 0.05) is 64.2 Å². The average Bonchev–Trinajstić information content (AvgIpc) is 1.58. The first kappa shape index (κ1) is 79.8. The van der Waals surface area contributed by atoms with E-state index in [9.17, 15) is 39.6 Å². The molecule has 6 unspecified atom stereocenters. The molecule has 2 aromatic heterocycles. The lowest BCUT2D eigenvalue weighted by Gasteiger charge is -2.48. The molecule has 2 fully saturated rings. The van der Waals surface area contributed by atoms with Crippen LogP contribution in [0.4, 0.5) is 34.1 Å². The Labute approximate surface area is 647 Å². The summed E-state index contributed by atoms with van der Waals surface area (Å²) in [6.45, 7) is 35.7. The van der Waals surface area contributed by atoms with Crippen molar-refractivity contribution in [2.75, 3.05) is 60.5 Å². The highest BCUT2D eigenvalue weighted by molar-refractivity contribution is 6.30. The first-order valence-electron chi connectivity index (χ1n) is 38.3. The molecule has 6 aromatic rings. The smallest absolute Gasteiger partial charge is 0.343 e. The molecule has 0 saturated heterocycles. The third-order valence-electron chi connectivity index (χ3n) is 22.8. The number of benzene rings is 4. The van der Waals surface area contributed by atoms with Crippen LogP contribution in [-0.4, -0.2) is 145 Å². The van der Waals surface area contributed by atoms with Crippen LogP contribution in [0, 0.1) is 72.0 Å². The van der Waals surface area contributed by atoms with E-state index < -0.39 is 29.9 Å². The van der Waals surface area contributed by atoms with Gasteiger partial charge in [-0.05, 0) is 204 Å². The third kappa shape index (κ3) is 16.6. The van der Waals surface area contributed by atoms with Gasteiger partial charge in [-0.25, -0.2) is 39.8 Å². The van der Waals surface area contributed by atoms with Gasteiger partial charge in [0.2, 0.25) is 11.8 Å². The van der Waals surface area contributed by atoms with Crippen molar-refractivity contribution in [2.45, 2.75) is 190 Å². The van der Waals surface area contributed by atoms with E-state index in [2.05, 4.69) is 151 Å². The maximum atomic E-state index is 14.8. The fourth-order valence-electron chi connectivity index (χ4n) is 17.8. The van der Waals surface area contributed by atoms with Crippen molar-refractivity contribution in [2.24, 2.45) is 45.5 Å². The molecule has 0 spiro atoms. The number of rotatable bonds is 26. The van der Waals surface area contributed by atoms with Crippen molar-refractivity contribution < 1.29 is 63.2 Å². The average molecular weight is 1510 g/mol. The quantitative estimate of drug-likeness (QED) is 0.00978. The lowest BCUT2D eigenvalue weighted by Crippen LogP contribution is -2.50. The predicted octanol–water partition coefficient (Wildman–Crippen LogP) is 15.0. The minimum absolute atomic E-state index is 0.0342. The number of allylic oxidation sites excluding steroid dienone is 2. The van der Waals surface area contributed by atoms with Crippen LogP contribution in [-0.2, 0) is 43.3 Å². The summed E-state index contributed by atoms with van der Waals surface area (Å²) in [7, 11) is 1.45. The number of aldehydes is 1. The van der Waals surface area contributed by atoms with Crippen LogP contribution >= 0.6 is 0 Å². The number of aliphatic carboxylic acids is 1. The maximum absolute atomic E-state index is 14.8. The van der Waals surface area contributed by atoms with Crippen molar-refractivity contribution in [3.63, 3.8) is 0 Å². The number of carbonyl (C=O) groups is 5. The fraction of sp³-hybridized carbons (Fsp3) is 0.488. The van der Waals surface area contributed by atoms with E-state index in [-0.39, 0.29) is 147 Å². The number of carboxylic acid groups (broad SMARTS) is 1. The van der Waals surface area contributed by atoms with Gasteiger partial charge in [-0.2, -0.15) is 19.9 Å². The summed E-state index contributed by atoms with van der Waals surface area (Å²) in [4.78, 5) is 106. The second-order valence-electron chi connectivity index (χ2n) is 32.6. The molecule has 12 rings (SSSR count). The van der Waals surface area contributed by atoms with Gasteiger partial charge in [-0.15, -0.1) is 10.2 Å². The second-order valence-corrected chi connectivity index (χ2v) is 32.6. The van der Waals surface area contributed by atoms with E-state index in [1.165, 1.54) is 22.5 Å². The first-order valence-corrected chi connectivity index (χ1v) is 38.3. The maximum Gasteiger partial charge on any atom is 0.343 e. The summed E-state index contributed by atoms with van der Waals surface area (Å²) in [6, 6.07) is 22.8. The second kappa shape index (κ2) is 32.7. The Balaban J connectivity index is 0.801. The van der Waals surface area contributed by atoms with Gasteiger partial charge in [0.1, 0.15) is 53.1 Å². The van der Waals surface area contributed by atoms with Crippen molar-refractivity contribution in [3.8, 4) is 40.7 Å². The number of amides is 2. The molecule has 111 heavy (non-hydrogen) atoms. The Bertz CT molecular complexity index is 4890. The minimum Gasteiger partial charge on any atom is -0.495 e. The van der Waals surface area contributed by atoms with Crippen LogP contribution in [0.1, 0.15) is 197 Å². The lowest BCUT2D eigenvalue weighted by atomic mass is 9.75. The first-order chi connectivity index (χ1) is 52.8. The van der Waals surface area contributed by atoms with Gasteiger partial charge in [-0.3, -0.25) is 19.2 Å². The molecule has 27 nitrogen and oxygen atoms in total. The minimum atomic E-state index is -1.11. The molecular weight excluding hydrogens is 1410 g/mol. The van der Waals surface area contributed by atoms with Gasteiger partial charge in [0.05, 0.1) is 62.0 Å². The normalized spacial score (nSPS) is 23.6. The molecule has 2 amide bonds. The number of hydrogen-bond acceptors (Lipinski definition) is 22. The summed E-state index contributed by atoms with van der Waals surface area (Å²) in [5, 5.41) is 55.8. The van der Waals surface area contributed by atoms with Crippen LogP contribution in [0.2, 0.25) is 0 Å². The molecular formula is C84H100N14O13. The van der Waals surface area contributed by atoms with Gasteiger partial charge < -0.3 is 44.6 Å². The number of aliphatic imine (C=N–C) groups is 2. The highest BCUT2D eigenvalue weighted by Gasteiger charge is 2.44. The van der Waals surface area contributed by atoms with Crippen LogP contribution in [0.3, 0.4) is 0 Å². The lowest BCUT2D eigenvalue weighted by molar-refractivity contribution is -0.338. The number of ether oxygens (including phenoxy) is 3. The Kier molecular flexibility index (Phi) is 23.5. The van der Waals surface area contributed by atoms with Crippen molar-refractivity contribution in [1.29, 1.82) is 10.5 Å². The van der Waals surface area contributed by atoms with E-state index in [0.717, 1.165) is 72.2 Å². The summed E-state index contributed by atoms with van der Waals surface area (Å²) < 4.78 is 21.6. The highest BCUT2D eigenvalue weighted by atomic mass is 17.2. The van der Waals surface area contributed by atoms with Gasteiger partial charge in [-0.1, -0.05) is 68.0 Å². The molecule has 0 radical (unpaired) electrons. The molecule has 4 aromatic carbocycles. The van der Waals surface area contributed by atoms with E-state index in [0.29, 0.717) is 84.1 Å². The molecule has 0 bridgehead atoms. The molecule has 27 heteroatoms. The zero-order valence-electron chi connectivity index (χ0n) is 66.0. The van der Waals surface area contributed by atoms with Crippen molar-refractivity contribution in [3.05, 3.63) is 124 Å². The highest BCUT2D eigenvalue weighted by Crippen LogP contribution is 2.49. The number of esters is 1. The number of carboxylic acids is 1. The predicted molar refractivity (Wildman–Crippen MR) is 421 cm³/mol. The summed E-state index contributed by atoms with van der Waals surface area (Å²) in [6.07, 6.45) is 4.40. The number of nitrogens with zero attached hydrogens (tertiary/aromatic N) is 12. The fourth-order valence-corrected chi connectivity index (χ4v) is 17.8.